The maximum atomic E-state index is 14.2. The summed E-state index contributed by atoms with van der Waals surface area (Å²) in [5.41, 5.74) is 2.89. The van der Waals surface area contributed by atoms with Gasteiger partial charge in [-0.25, -0.2) is 12.6 Å². The quantitative estimate of drug-likeness (QED) is 0.214. The second-order valence-electron chi connectivity index (χ2n) is 20.0. The number of hydrogen-bond donors (Lipinski definition) is 1. The number of carbonyl (C=O) groups excluding carboxylic acids is 2. The molecule has 9 rings (SSSR count). The molecule has 4 aliphatic heterocycles. The second-order valence-corrected chi connectivity index (χ2v) is 25.0. The number of aryl methyl sites for hydroxylation is 1. The van der Waals surface area contributed by atoms with E-state index in [0.29, 0.717) is 44.8 Å². The fraction of sp³-hybridized carbons (Fsp3) is 0.549. The van der Waals surface area contributed by atoms with Crippen LogP contribution in [0, 0.1) is 17.8 Å². The minimum absolute atomic E-state index is 0.0440. The molecular formula is C51H66ClN5O7S2. The Labute approximate surface area is 397 Å². The van der Waals surface area contributed by atoms with Crippen molar-refractivity contribution in [3.8, 4) is 5.75 Å². The number of fused-ring (bicyclic) bond motifs is 5. The molecule has 15 heteroatoms. The number of methoxy groups -OCH3 is 1. The van der Waals surface area contributed by atoms with E-state index in [9.17, 15) is 22.2 Å². The average molecular weight is 961 g/mol. The standard InChI is InChI=1S/C51H66ClN5O7S2/c1-36-10-8-22-51(63-3,34-54-23-24-55-25-26-56(32-42(55)31-54)48(58)20-27-66(61,62)43-12-6-5-7-13-43)45-17-14-40(45)30-57-33-50(21-9-11-38-28-41(52)16-18-44(38)50)35-64-47-19-15-39(29-46(47)57)49(59)53-65(4,60)37(36)2/h5-8,12-13,15-16,18-19,22,28-29,36-37,40,42,45H,4,9-11,14,17,20-21,23-27,30-35H2,1-3H3,(H,53,59,60)/b22-8+/t36-,37+,40-,42-,45+,50-,51+,65?/m0/s1. The van der Waals surface area contributed by atoms with E-state index in [1.165, 1.54) is 11.1 Å². The first-order valence-electron chi connectivity index (χ1n) is 23.8. The van der Waals surface area contributed by atoms with Crippen LogP contribution in [0.5, 0.6) is 5.75 Å². The summed E-state index contributed by atoms with van der Waals surface area (Å²) in [4.78, 5) is 37.1. The lowest BCUT2D eigenvalue weighted by atomic mass is 9.63. The SMILES string of the molecule is C=S1(=O)NC(=O)c2ccc3c(c2)N(C[C@@H]2CC[C@H]2[C@@](CN2CCN4CCN(C(=O)CCS(=O)(=O)c5ccccc5)C[C@@H]4C2)(OC)/C=C/C[C@H](C)[C@H]1C)C[C@@]1(CCCc2cc(Cl)ccc21)CO3. The summed E-state index contributed by atoms with van der Waals surface area (Å²) in [6, 6.07) is 20.3. The molecule has 8 atom stereocenters. The third kappa shape index (κ3) is 9.44. The van der Waals surface area contributed by atoms with E-state index < -0.39 is 36.3 Å². The Bertz CT molecular complexity index is 2560. The van der Waals surface area contributed by atoms with Gasteiger partial charge in [0, 0.05) is 99.7 Å². The van der Waals surface area contributed by atoms with Gasteiger partial charge in [-0.3, -0.25) is 24.1 Å². The van der Waals surface area contributed by atoms with Gasteiger partial charge in [0.2, 0.25) is 5.91 Å². The number of halogens is 1. The van der Waals surface area contributed by atoms with Crippen LogP contribution in [0.1, 0.15) is 73.9 Å². The van der Waals surface area contributed by atoms with E-state index in [1.807, 2.05) is 37.1 Å². The molecule has 6 aliphatic rings. The van der Waals surface area contributed by atoms with Crippen molar-refractivity contribution in [3.05, 3.63) is 101 Å². The van der Waals surface area contributed by atoms with E-state index in [4.69, 9.17) is 21.1 Å². The highest BCUT2D eigenvalue weighted by Crippen LogP contribution is 2.49. The number of allylic oxidation sites excluding steroid dienone is 1. The Hall–Kier alpha value is -3.92. The molecular weight excluding hydrogens is 894 g/mol. The number of anilines is 1. The first kappa shape index (κ1) is 47.2. The van der Waals surface area contributed by atoms with Gasteiger partial charge in [0.1, 0.15) is 11.4 Å². The zero-order valence-corrected chi connectivity index (χ0v) is 41.1. The maximum Gasteiger partial charge on any atom is 0.262 e. The van der Waals surface area contributed by atoms with Crippen LogP contribution in [0.2, 0.25) is 5.02 Å². The lowest BCUT2D eigenvalue weighted by Crippen LogP contribution is -2.65. The van der Waals surface area contributed by atoms with Crippen LogP contribution in [0.15, 0.2) is 83.8 Å². The van der Waals surface area contributed by atoms with E-state index in [1.54, 1.807) is 36.4 Å². The predicted molar refractivity (Wildman–Crippen MR) is 263 cm³/mol. The van der Waals surface area contributed by atoms with Gasteiger partial charge in [0.25, 0.3) is 5.91 Å². The highest BCUT2D eigenvalue weighted by Gasteiger charge is 2.50. The van der Waals surface area contributed by atoms with Crippen LogP contribution in [-0.2, 0) is 40.9 Å². The normalized spacial score (nSPS) is 32.4. The van der Waals surface area contributed by atoms with Gasteiger partial charge in [-0.2, -0.15) is 0 Å². The van der Waals surface area contributed by atoms with E-state index in [-0.39, 0.29) is 52.2 Å². The van der Waals surface area contributed by atoms with Gasteiger partial charge >= 0.3 is 0 Å². The zero-order chi connectivity index (χ0) is 46.4. The van der Waals surface area contributed by atoms with Crippen molar-refractivity contribution in [2.45, 2.75) is 86.0 Å². The van der Waals surface area contributed by atoms with Crippen molar-refractivity contribution in [1.82, 2.24) is 19.4 Å². The van der Waals surface area contributed by atoms with Crippen LogP contribution in [0.4, 0.5) is 5.69 Å². The summed E-state index contributed by atoms with van der Waals surface area (Å²) in [6.07, 6.45) is 10.0. The van der Waals surface area contributed by atoms with Crippen molar-refractivity contribution < 1.29 is 31.7 Å². The number of nitrogens with one attached hydrogen (secondary N) is 1. The summed E-state index contributed by atoms with van der Waals surface area (Å²) in [5.74, 6) is 4.47. The molecule has 0 aromatic heterocycles. The fourth-order valence-electron chi connectivity index (χ4n) is 11.8. The molecule has 2 aliphatic carbocycles. The Morgan fingerprint density at radius 3 is 2.59 bits per heavy atom. The second kappa shape index (κ2) is 18.9. The number of ether oxygens (including phenoxy) is 2. The Kier molecular flexibility index (Phi) is 13.5. The molecule has 2 amide bonds. The molecule has 3 fully saturated rings. The van der Waals surface area contributed by atoms with Crippen molar-refractivity contribution in [1.29, 1.82) is 0 Å². The zero-order valence-electron chi connectivity index (χ0n) is 38.7. The van der Waals surface area contributed by atoms with Crippen LogP contribution >= 0.6 is 11.6 Å². The number of nitrogens with zero attached hydrogens (tertiary/aromatic N) is 4. The molecule has 66 heavy (non-hydrogen) atoms. The van der Waals surface area contributed by atoms with E-state index in [0.717, 1.165) is 81.3 Å². The topological polar surface area (TPSA) is 129 Å². The summed E-state index contributed by atoms with van der Waals surface area (Å²) in [7, 11) is -4.77. The van der Waals surface area contributed by atoms with Crippen molar-refractivity contribution in [2.24, 2.45) is 17.8 Å². The Morgan fingerprint density at radius 1 is 1.02 bits per heavy atom. The molecule has 1 saturated carbocycles. The van der Waals surface area contributed by atoms with Crippen molar-refractivity contribution >= 4 is 54.5 Å². The van der Waals surface area contributed by atoms with Crippen LogP contribution in [0.25, 0.3) is 0 Å². The van der Waals surface area contributed by atoms with Crippen LogP contribution < -0.4 is 14.4 Å². The van der Waals surface area contributed by atoms with Gasteiger partial charge in [-0.15, -0.1) is 0 Å². The molecule has 0 radical (unpaired) electrons. The first-order valence-corrected chi connectivity index (χ1v) is 27.6. The van der Waals surface area contributed by atoms with Crippen LogP contribution in [0.3, 0.4) is 0 Å². The first-order chi connectivity index (χ1) is 31.6. The molecule has 3 aromatic carbocycles. The number of hydrogen-bond acceptors (Lipinski definition) is 10. The molecule has 12 nitrogen and oxygen atoms in total. The van der Waals surface area contributed by atoms with Crippen molar-refractivity contribution in [2.75, 3.05) is 83.3 Å². The fourth-order valence-corrected chi connectivity index (χ4v) is 14.7. The smallest absolute Gasteiger partial charge is 0.262 e. The van der Waals surface area contributed by atoms with Gasteiger partial charge in [-0.05, 0) is 123 Å². The minimum Gasteiger partial charge on any atom is -0.490 e. The molecule has 3 aromatic rings. The Balaban J connectivity index is 0.998. The number of sulfone groups is 1. The molecule has 2 saturated heterocycles. The highest BCUT2D eigenvalue weighted by atomic mass is 35.5. The van der Waals surface area contributed by atoms with Gasteiger partial charge < -0.3 is 19.3 Å². The summed E-state index contributed by atoms with van der Waals surface area (Å²) in [6.45, 7) is 11.0. The summed E-state index contributed by atoms with van der Waals surface area (Å²) in [5, 5.41) is 0.329. The van der Waals surface area contributed by atoms with E-state index in [2.05, 4.69) is 56.5 Å². The average Bonchev–Trinajstić information content (AvgIpc) is 3.45. The number of benzene rings is 3. The third-order valence-corrected chi connectivity index (χ3v) is 20.2. The number of amides is 2. The predicted octanol–water partition coefficient (Wildman–Crippen LogP) is 6.26. The largest absolute Gasteiger partial charge is 0.490 e. The maximum absolute atomic E-state index is 14.2. The summed E-state index contributed by atoms with van der Waals surface area (Å²) < 4.78 is 56.8. The number of rotatable bonds is 7. The van der Waals surface area contributed by atoms with Crippen molar-refractivity contribution in [3.63, 3.8) is 0 Å². The van der Waals surface area contributed by atoms with Crippen LogP contribution in [-0.4, -0.2) is 140 Å². The van der Waals surface area contributed by atoms with Gasteiger partial charge in [0.15, 0.2) is 9.84 Å². The highest BCUT2D eigenvalue weighted by molar-refractivity contribution is 7.99. The van der Waals surface area contributed by atoms with E-state index >= 15 is 0 Å². The molecule has 356 valence electrons. The lowest BCUT2D eigenvalue weighted by Gasteiger charge is -2.53. The number of piperazine rings is 2. The molecule has 1 spiro atoms. The summed E-state index contributed by atoms with van der Waals surface area (Å²) >= 11 is 6.56. The Morgan fingerprint density at radius 2 is 1.82 bits per heavy atom. The minimum atomic E-state index is -3.57. The molecule has 1 unspecified atom stereocenters. The molecule has 2 bridgehead atoms. The molecule has 1 N–H and O–H groups in total. The number of carbonyl (C=O) groups is 2. The third-order valence-electron chi connectivity index (χ3n) is 16.0. The van der Waals surface area contributed by atoms with Gasteiger partial charge in [-0.1, -0.05) is 54.9 Å². The lowest BCUT2D eigenvalue weighted by molar-refractivity contribution is -0.136. The van der Waals surface area contributed by atoms with Gasteiger partial charge in [0.05, 0.1) is 32.7 Å². The monoisotopic (exact) mass is 959 g/mol. The molecule has 4 heterocycles.